The van der Waals surface area contributed by atoms with Crippen LogP contribution in [-0.4, -0.2) is 38.7 Å². The second-order valence-corrected chi connectivity index (χ2v) is 6.65. The molecule has 6 heteroatoms. The lowest BCUT2D eigenvalue weighted by molar-refractivity contribution is 0.292. The molecule has 1 aliphatic rings. The van der Waals surface area contributed by atoms with Crippen molar-refractivity contribution in [3.05, 3.63) is 35.9 Å². The van der Waals surface area contributed by atoms with E-state index in [1.54, 1.807) is 0 Å². The smallest absolute Gasteiger partial charge is 0.145 e. The van der Waals surface area contributed by atoms with Crippen LogP contribution in [0.25, 0.3) is 10.9 Å². The third-order valence-corrected chi connectivity index (χ3v) is 4.88. The van der Waals surface area contributed by atoms with Gasteiger partial charge in [0.15, 0.2) is 0 Å². The van der Waals surface area contributed by atoms with Crippen molar-refractivity contribution in [3.8, 4) is 0 Å². The molecule has 1 saturated heterocycles. The number of fused-ring (bicyclic) bond motifs is 1. The fraction of sp³-hybridized carbons (Fsp3) is 0.357. The van der Waals surface area contributed by atoms with Crippen molar-refractivity contribution in [2.75, 3.05) is 30.0 Å². The number of nitrogens with two attached hydrogens (primary N) is 1. The van der Waals surface area contributed by atoms with E-state index < -0.39 is 10.8 Å². The number of nitrogens with zero attached hydrogens (tertiary/aromatic N) is 2. The highest BCUT2D eigenvalue weighted by atomic mass is 32.2. The highest BCUT2D eigenvalue weighted by molar-refractivity contribution is 7.85. The van der Waals surface area contributed by atoms with E-state index in [1.807, 2.05) is 18.2 Å². The minimum absolute atomic E-state index is 0.646. The second kappa shape index (κ2) is 5.87. The van der Waals surface area contributed by atoms with Crippen LogP contribution < -0.4 is 11.3 Å². The van der Waals surface area contributed by atoms with E-state index in [-0.39, 0.29) is 0 Å². The molecular formula is C14H18N4OS. The molecule has 3 N–H and O–H groups in total. The largest absolute Gasteiger partial charge is 0.308 e. The molecule has 2 aromatic rings. The standard InChI is InChI=1S/C14H18N4OS/c15-17-14-12(10-18-5-7-20(19)8-6-18)9-11-3-1-2-4-13(11)16-14/h1-4,9H,5-8,10,15H2,(H,16,17). The van der Waals surface area contributed by atoms with Crippen molar-refractivity contribution in [1.82, 2.24) is 9.88 Å². The molecule has 1 aromatic heterocycles. The summed E-state index contributed by atoms with van der Waals surface area (Å²) in [6.07, 6.45) is 0. The van der Waals surface area contributed by atoms with Gasteiger partial charge in [-0.2, -0.15) is 0 Å². The summed E-state index contributed by atoms with van der Waals surface area (Å²) in [5.74, 6) is 7.82. The summed E-state index contributed by atoms with van der Waals surface area (Å²) in [6.45, 7) is 2.52. The van der Waals surface area contributed by atoms with Crippen molar-refractivity contribution in [2.24, 2.45) is 5.84 Å². The van der Waals surface area contributed by atoms with Crippen LogP contribution >= 0.6 is 0 Å². The molecular weight excluding hydrogens is 272 g/mol. The fourth-order valence-corrected chi connectivity index (χ4v) is 3.61. The molecule has 106 valence electrons. The number of pyridine rings is 1. The molecule has 0 spiro atoms. The quantitative estimate of drug-likeness (QED) is 0.654. The predicted octanol–water partition coefficient (Wildman–Crippen LogP) is 1.08. The van der Waals surface area contributed by atoms with Gasteiger partial charge < -0.3 is 5.43 Å². The normalized spacial score (nSPS) is 17.4. The van der Waals surface area contributed by atoms with Crippen LogP contribution in [-0.2, 0) is 17.3 Å². The van der Waals surface area contributed by atoms with Crippen LogP contribution in [0.1, 0.15) is 5.56 Å². The van der Waals surface area contributed by atoms with E-state index in [1.165, 1.54) is 0 Å². The summed E-state index contributed by atoms with van der Waals surface area (Å²) >= 11 is 0. The number of rotatable bonds is 3. The van der Waals surface area contributed by atoms with Gasteiger partial charge in [0.2, 0.25) is 0 Å². The Morgan fingerprint density at radius 1 is 1.30 bits per heavy atom. The third kappa shape index (κ3) is 2.82. The van der Waals surface area contributed by atoms with E-state index in [2.05, 4.69) is 27.4 Å². The lowest BCUT2D eigenvalue weighted by atomic mass is 10.1. The Hall–Kier alpha value is -1.50. The van der Waals surface area contributed by atoms with Gasteiger partial charge in [0.05, 0.1) is 5.52 Å². The van der Waals surface area contributed by atoms with Crippen molar-refractivity contribution >= 4 is 27.5 Å². The molecule has 0 atom stereocenters. The highest BCUT2D eigenvalue weighted by Crippen LogP contribution is 2.21. The zero-order valence-electron chi connectivity index (χ0n) is 11.2. The molecule has 1 aromatic carbocycles. The molecule has 3 rings (SSSR count). The number of anilines is 1. The first-order valence-corrected chi connectivity index (χ1v) is 8.17. The molecule has 1 aliphatic heterocycles. The average Bonchev–Trinajstić information content (AvgIpc) is 2.49. The second-order valence-electron chi connectivity index (χ2n) is 4.96. The first kappa shape index (κ1) is 13.5. The molecule has 2 heterocycles. The molecule has 1 fully saturated rings. The summed E-state index contributed by atoms with van der Waals surface area (Å²) in [6, 6.07) is 10.1. The Morgan fingerprint density at radius 2 is 2.05 bits per heavy atom. The van der Waals surface area contributed by atoms with Crippen LogP contribution in [0.5, 0.6) is 0 Å². The zero-order valence-corrected chi connectivity index (χ0v) is 12.0. The Kier molecular flexibility index (Phi) is 3.95. The summed E-state index contributed by atoms with van der Waals surface area (Å²) in [5, 5.41) is 1.11. The number of hydrazine groups is 1. The first-order valence-electron chi connectivity index (χ1n) is 6.69. The maximum atomic E-state index is 11.4. The molecule has 20 heavy (non-hydrogen) atoms. The molecule has 0 aliphatic carbocycles. The van der Waals surface area contributed by atoms with Gasteiger partial charge in [0.1, 0.15) is 5.82 Å². The van der Waals surface area contributed by atoms with Gasteiger partial charge in [-0.05, 0) is 12.1 Å². The number of hydrogen-bond acceptors (Lipinski definition) is 5. The van der Waals surface area contributed by atoms with Crippen LogP contribution in [0.4, 0.5) is 5.82 Å². The molecule has 0 bridgehead atoms. The zero-order chi connectivity index (χ0) is 13.9. The van der Waals surface area contributed by atoms with Gasteiger partial charge in [-0.1, -0.05) is 18.2 Å². The molecule has 0 saturated carbocycles. The minimum Gasteiger partial charge on any atom is -0.308 e. The van der Waals surface area contributed by atoms with Crippen molar-refractivity contribution in [1.29, 1.82) is 0 Å². The van der Waals surface area contributed by atoms with Crippen LogP contribution in [0.15, 0.2) is 30.3 Å². The van der Waals surface area contributed by atoms with Crippen molar-refractivity contribution in [3.63, 3.8) is 0 Å². The summed E-state index contributed by atoms with van der Waals surface area (Å²) in [7, 11) is -0.646. The summed E-state index contributed by atoms with van der Waals surface area (Å²) in [5.41, 5.74) is 4.70. The maximum absolute atomic E-state index is 11.4. The van der Waals surface area contributed by atoms with E-state index in [9.17, 15) is 4.21 Å². The number of benzene rings is 1. The van der Waals surface area contributed by atoms with Crippen LogP contribution in [0, 0.1) is 0 Å². The van der Waals surface area contributed by atoms with Gasteiger partial charge in [0.25, 0.3) is 0 Å². The van der Waals surface area contributed by atoms with Crippen molar-refractivity contribution in [2.45, 2.75) is 6.54 Å². The average molecular weight is 290 g/mol. The fourth-order valence-electron chi connectivity index (χ4n) is 2.48. The van der Waals surface area contributed by atoms with Crippen molar-refractivity contribution < 1.29 is 4.21 Å². The van der Waals surface area contributed by atoms with Gasteiger partial charge in [-0.25, -0.2) is 10.8 Å². The minimum atomic E-state index is -0.646. The number of para-hydroxylation sites is 1. The SMILES string of the molecule is NNc1nc2ccccc2cc1CN1CCS(=O)CC1. The van der Waals surface area contributed by atoms with E-state index >= 15 is 0 Å². The van der Waals surface area contributed by atoms with E-state index in [4.69, 9.17) is 5.84 Å². The number of nitrogen functional groups attached to an aromatic ring is 1. The summed E-state index contributed by atoms with van der Waals surface area (Å²) < 4.78 is 11.4. The monoisotopic (exact) mass is 290 g/mol. The predicted molar refractivity (Wildman–Crippen MR) is 82.7 cm³/mol. The number of hydrogen-bond donors (Lipinski definition) is 2. The third-order valence-electron chi connectivity index (χ3n) is 3.60. The number of nitrogens with one attached hydrogen (secondary N) is 1. The topological polar surface area (TPSA) is 71.2 Å². The van der Waals surface area contributed by atoms with Crippen LogP contribution in [0.2, 0.25) is 0 Å². The highest BCUT2D eigenvalue weighted by Gasteiger charge is 2.17. The Labute approximate surface area is 120 Å². The summed E-state index contributed by atoms with van der Waals surface area (Å²) in [4.78, 5) is 6.85. The lowest BCUT2D eigenvalue weighted by Crippen LogP contribution is -2.37. The van der Waals surface area contributed by atoms with Gasteiger partial charge >= 0.3 is 0 Å². The van der Waals surface area contributed by atoms with Gasteiger partial charge in [-0.15, -0.1) is 0 Å². The molecule has 0 amide bonds. The van der Waals surface area contributed by atoms with E-state index in [0.29, 0.717) is 0 Å². The first-order chi connectivity index (χ1) is 9.76. The van der Waals surface area contributed by atoms with Gasteiger partial charge in [0, 0.05) is 52.9 Å². The molecule has 0 unspecified atom stereocenters. The Morgan fingerprint density at radius 3 is 2.80 bits per heavy atom. The molecule has 5 nitrogen and oxygen atoms in total. The number of aromatic nitrogens is 1. The maximum Gasteiger partial charge on any atom is 0.145 e. The van der Waals surface area contributed by atoms with E-state index in [0.717, 1.165) is 53.4 Å². The Balaban J connectivity index is 1.87. The van der Waals surface area contributed by atoms with Crippen LogP contribution in [0.3, 0.4) is 0 Å². The molecule has 0 radical (unpaired) electrons. The lowest BCUT2D eigenvalue weighted by Gasteiger charge is -2.26. The Bertz CT molecular complexity index is 636. The van der Waals surface area contributed by atoms with Gasteiger partial charge in [-0.3, -0.25) is 9.11 Å².